The second-order valence-electron chi connectivity index (χ2n) is 6.55. The van der Waals surface area contributed by atoms with Crippen molar-refractivity contribution in [2.24, 2.45) is 11.7 Å². The molecule has 0 heterocycles. The van der Waals surface area contributed by atoms with E-state index in [2.05, 4.69) is 0 Å². The van der Waals surface area contributed by atoms with Crippen molar-refractivity contribution in [1.82, 2.24) is 4.90 Å². The van der Waals surface area contributed by atoms with E-state index in [1.54, 1.807) is 18.7 Å². The number of carbonyl (C=O) groups excluding carboxylic acids is 1. The summed E-state index contributed by atoms with van der Waals surface area (Å²) in [5.74, 6) is 0.761. The lowest BCUT2D eigenvalue weighted by Crippen LogP contribution is -2.42. The Morgan fingerprint density at radius 1 is 1.42 bits per heavy atom. The van der Waals surface area contributed by atoms with Gasteiger partial charge in [0.15, 0.2) is 0 Å². The fourth-order valence-corrected chi connectivity index (χ4v) is 2.92. The van der Waals surface area contributed by atoms with Crippen LogP contribution in [0.3, 0.4) is 0 Å². The van der Waals surface area contributed by atoms with Crippen LogP contribution >= 0.6 is 0 Å². The molecule has 4 nitrogen and oxygen atoms in total. The third-order valence-electron chi connectivity index (χ3n) is 3.90. The van der Waals surface area contributed by atoms with E-state index < -0.39 is 5.60 Å². The molecule has 1 rings (SSSR count). The third-order valence-corrected chi connectivity index (χ3v) is 3.90. The average molecular weight is 270 g/mol. The second-order valence-corrected chi connectivity index (χ2v) is 6.55. The highest BCUT2D eigenvalue weighted by molar-refractivity contribution is 5.76. The molecule has 4 heteroatoms. The zero-order chi connectivity index (χ0) is 14.5. The highest BCUT2D eigenvalue weighted by Crippen LogP contribution is 2.27. The van der Waals surface area contributed by atoms with Gasteiger partial charge in [0, 0.05) is 25.6 Å². The molecule has 2 unspecified atom stereocenters. The molecule has 1 aliphatic carbocycles. The molecule has 112 valence electrons. The largest absolute Gasteiger partial charge is 0.389 e. The summed E-state index contributed by atoms with van der Waals surface area (Å²) in [6.45, 7) is 6.51. The predicted octanol–water partition coefficient (Wildman–Crippen LogP) is 1.90. The summed E-state index contributed by atoms with van der Waals surface area (Å²) < 4.78 is 0. The fourth-order valence-electron chi connectivity index (χ4n) is 2.92. The zero-order valence-electron chi connectivity index (χ0n) is 12.7. The molecule has 0 aromatic heterocycles. The second kappa shape index (κ2) is 7.25. The first-order valence-corrected chi connectivity index (χ1v) is 7.57. The number of hydrogen-bond acceptors (Lipinski definition) is 3. The quantitative estimate of drug-likeness (QED) is 0.774. The number of aliphatic hydroxyl groups is 1. The number of likely N-dealkylation sites (N-methyl/N-ethyl adjacent to an activating group) is 1. The van der Waals surface area contributed by atoms with E-state index in [1.807, 2.05) is 6.92 Å². The smallest absolute Gasteiger partial charge is 0.222 e. The zero-order valence-corrected chi connectivity index (χ0v) is 12.7. The van der Waals surface area contributed by atoms with Crippen molar-refractivity contribution in [1.29, 1.82) is 0 Å². The lowest BCUT2D eigenvalue weighted by molar-refractivity contribution is -0.134. The molecule has 0 radical (unpaired) electrons. The summed E-state index contributed by atoms with van der Waals surface area (Å²) >= 11 is 0. The molecule has 0 aliphatic heterocycles. The fraction of sp³-hybridized carbons (Fsp3) is 0.933. The number of amides is 1. The number of hydrogen-bond donors (Lipinski definition) is 2. The van der Waals surface area contributed by atoms with Gasteiger partial charge in [-0.05, 0) is 46.0 Å². The predicted molar refractivity (Wildman–Crippen MR) is 77.7 cm³/mol. The summed E-state index contributed by atoms with van der Waals surface area (Å²) in [6.07, 6.45) is 6.12. The molecule has 1 aliphatic rings. The van der Waals surface area contributed by atoms with Crippen LogP contribution in [0.4, 0.5) is 0 Å². The van der Waals surface area contributed by atoms with Gasteiger partial charge < -0.3 is 15.7 Å². The first-order valence-electron chi connectivity index (χ1n) is 7.57. The highest BCUT2D eigenvalue weighted by atomic mass is 16.3. The van der Waals surface area contributed by atoms with Gasteiger partial charge in [-0.25, -0.2) is 0 Å². The molecule has 0 aromatic rings. The minimum Gasteiger partial charge on any atom is -0.389 e. The van der Waals surface area contributed by atoms with Crippen LogP contribution in [0.25, 0.3) is 0 Å². The van der Waals surface area contributed by atoms with Crippen LogP contribution in [0.5, 0.6) is 0 Å². The van der Waals surface area contributed by atoms with Gasteiger partial charge >= 0.3 is 0 Å². The maximum atomic E-state index is 12.2. The third kappa shape index (κ3) is 6.39. The van der Waals surface area contributed by atoms with Gasteiger partial charge in [-0.15, -0.1) is 0 Å². The van der Waals surface area contributed by atoms with Crippen molar-refractivity contribution in [2.75, 3.05) is 13.1 Å². The topological polar surface area (TPSA) is 66.6 Å². The molecule has 19 heavy (non-hydrogen) atoms. The number of carbonyl (C=O) groups is 1. The molecule has 3 N–H and O–H groups in total. The standard InChI is InChI=1S/C15H30N2O2/c1-4-17(11-15(2,3)19)14(18)9-8-12-6-5-7-13(16)10-12/h12-13,19H,4-11,16H2,1-3H3. The Balaban J connectivity index is 2.36. The van der Waals surface area contributed by atoms with Gasteiger partial charge in [-0.1, -0.05) is 12.8 Å². The van der Waals surface area contributed by atoms with E-state index >= 15 is 0 Å². The highest BCUT2D eigenvalue weighted by Gasteiger charge is 2.23. The minimum atomic E-state index is -0.821. The van der Waals surface area contributed by atoms with E-state index in [4.69, 9.17) is 5.73 Å². The summed E-state index contributed by atoms with van der Waals surface area (Å²) in [6, 6.07) is 0.326. The van der Waals surface area contributed by atoms with Gasteiger partial charge in [0.2, 0.25) is 5.91 Å². The Morgan fingerprint density at radius 2 is 2.11 bits per heavy atom. The first kappa shape index (κ1) is 16.4. The molecular formula is C15H30N2O2. The first-order chi connectivity index (χ1) is 8.81. The van der Waals surface area contributed by atoms with Crippen LogP contribution in [0.1, 0.15) is 59.3 Å². The van der Waals surface area contributed by atoms with Gasteiger partial charge in [-0.2, -0.15) is 0 Å². The molecule has 0 aromatic carbocycles. The molecular weight excluding hydrogens is 240 g/mol. The monoisotopic (exact) mass is 270 g/mol. The van der Waals surface area contributed by atoms with Crippen LogP contribution in [0.15, 0.2) is 0 Å². The number of rotatable bonds is 6. The Labute approximate surface area is 117 Å². The summed E-state index contributed by atoms with van der Waals surface area (Å²) in [5.41, 5.74) is 5.15. The van der Waals surface area contributed by atoms with Gasteiger partial charge in [0.1, 0.15) is 0 Å². The van der Waals surface area contributed by atoms with Crippen LogP contribution < -0.4 is 5.73 Å². The Morgan fingerprint density at radius 3 is 2.63 bits per heavy atom. The van der Waals surface area contributed by atoms with E-state index in [-0.39, 0.29) is 5.91 Å². The lowest BCUT2D eigenvalue weighted by atomic mass is 9.83. The van der Waals surface area contributed by atoms with E-state index in [0.717, 1.165) is 19.3 Å². The summed E-state index contributed by atoms with van der Waals surface area (Å²) in [7, 11) is 0. The molecule has 0 spiro atoms. The molecule has 1 saturated carbocycles. The molecule has 0 bridgehead atoms. The Bertz CT molecular complexity index is 286. The van der Waals surface area contributed by atoms with Crippen molar-refractivity contribution in [3.63, 3.8) is 0 Å². The van der Waals surface area contributed by atoms with Crippen molar-refractivity contribution < 1.29 is 9.90 Å². The number of nitrogens with two attached hydrogens (primary N) is 1. The summed E-state index contributed by atoms with van der Waals surface area (Å²) in [5, 5.41) is 9.81. The maximum Gasteiger partial charge on any atom is 0.222 e. The average Bonchev–Trinajstić information content (AvgIpc) is 2.32. The maximum absolute atomic E-state index is 12.2. The van der Waals surface area contributed by atoms with Gasteiger partial charge in [0.05, 0.1) is 5.60 Å². The number of nitrogens with zero attached hydrogens (tertiary/aromatic N) is 1. The summed E-state index contributed by atoms with van der Waals surface area (Å²) in [4.78, 5) is 13.9. The lowest BCUT2D eigenvalue weighted by Gasteiger charge is -2.30. The van der Waals surface area contributed by atoms with Crippen molar-refractivity contribution in [2.45, 2.75) is 70.9 Å². The van der Waals surface area contributed by atoms with Crippen molar-refractivity contribution >= 4 is 5.91 Å². The molecule has 1 amide bonds. The van der Waals surface area contributed by atoms with Crippen LogP contribution in [-0.4, -0.2) is 40.6 Å². The Hall–Kier alpha value is -0.610. The molecule has 2 atom stereocenters. The van der Waals surface area contributed by atoms with Crippen LogP contribution in [0.2, 0.25) is 0 Å². The SMILES string of the molecule is CCN(CC(C)(C)O)C(=O)CCC1CCCC(N)C1. The Kier molecular flexibility index (Phi) is 6.27. The van der Waals surface area contributed by atoms with Crippen molar-refractivity contribution in [3.8, 4) is 0 Å². The van der Waals surface area contributed by atoms with E-state index in [1.165, 1.54) is 12.8 Å². The van der Waals surface area contributed by atoms with Crippen molar-refractivity contribution in [3.05, 3.63) is 0 Å². The molecule has 1 fully saturated rings. The van der Waals surface area contributed by atoms with Gasteiger partial charge in [0.25, 0.3) is 0 Å². The van der Waals surface area contributed by atoms with Gasteiger partial charge in [-0.3, -0.25) is 4.79 Å². The van der Waals surface area contributed by atoms with Crippen LogP contribution in [0, 0.1) is 5.92 Å². The molecule has 0 saturated heterocycles. The van der Waals surface area contributed by atoms with E-state index in [0.29, 0.717) is 31.5 Å². The normalized spacial score (nSPS) is 24.3. The van der Waals surface area contributed by atoms with E-state index in [9.17, 15) is 9.90 Å². The van der Waals surface area contributed by atoms with Crippen LogP contribution in [-0.2, 0) is 4.79 Å². The minimum absolute atomic E-state index is 0.156.